The van der Waals surface area contributed by atoms with Gasteiger partial charge in [0, 0.05) is 12.2 Å². The molecule has 0 aliphatic carbocycles. The summed E-state index contributed by atoms with van der Waals surface area (Å²) in [6.45, 7) is 4.39. The minimum absolute atomic E-state index is 0.234. The summed E-state index contributed by atoms with van der Waals surface area (Å²) in [5, 5.41) is 5.94. The van der Waals surface area contributed by atoms with E-state index < -0.39 is 0 Å². The first-order valence-electron chi connectivity index (χ1n) is 8.20. The van der Waals surface area contributed by atoms with E-state index in [2.05, 4.69) is 20.6 Å². The number of carbonyl (C=O) groups excluding carboxylic acids is 1. The largest absolute Gasteiger partial charge is 0.365 e. The first-order chi connectivity index (χ1) is 12.5. The van der Waals surface area contributed by atoms with Crippen LogP contribution in [0.1, 0.15) is 27.2 Å². The van der Waals surface area contributed by atoms with Crippen LogP contribution in [0.3, 0.4) is 0 Å². The Morgan fingerprint density at radius 1 is 1.04 bits per heavy atom. The summed E-state index contributed by atoms with van der Waals surface area (Å²) < 4.78 is 12.9. The molecule has 0 radical (unpaired) electrons. The highest BCUT2D eigenvalue weighted by Crippen LogP contribution is 2.17. The fourth-order valence-corrected chi connectivity index (χ4v) is 2.39. The number of hydrogen-bond acceptors (Lipinski definition) is 4. The summed E-state index contributed by atoms with van der Waals surface area (Å²) in [4.78, 5) is 20.7. The zero-order valence-corrected chi connectivity index (χ0v) is 14.6. The number of carbonyl (C=O) groups is 1. The van der Waals surface area contributed by atoms with Gasteiger partial charge in [-0.25, -0.2) is 14.4 Å². The van der Waals surface area contributed by atoms with Crippen LogP contribution in [0.25, 0.3) is 0 Å². The third kappa shape index (κ3) is 4.42. The molecule has 0 bridgehead atoms. The van der Waals surface area contributed by atoms with E-state index in [1.165, 1.54) is 24.5 Å². The van der Waals surface area contributed by atoms with E-state index in [1.807, 2.05) is 32.0 Å². The highest BCUT2D eigenvalue weighted by Gasteiger charge is 2.10. The molecule has 0 aliphatic rings. The third-order valence-electron chi connectivity index (χ3n) is 3.91. The number of nitrogens with zero attached hydrogens (tertiary/aromatic N) is 2. The summed E-state index contributed by atoms with van der Waals surface area (Å²) >= 11 is 0. The lowest BCUT2D eigenvalue weighted by Gasteiger charge is -2.09. The van der Waals surface area contributed by atoms with Crippen LogP contribution >= 0.6 is 0 Å². The molecule has 0 saturated heterocycles. The monoisotopic (exact) mass is 350 g/mol. The second-order valence-electron chi connectivity index (χ2n) is 6.04. The summed E-state index contributed by atoms with van der Waals surface area (Å²) in [7, 11) is 0. The molecule has 26 heavy (non-hydrogen) atoms. The summed E-state index contributed by atoms with van der Waals surface area (Å²) in [6.07, 6.45) is 2.93. The van der Waals surface area contributed by atoms with Crippen molar-refractivity contribution in [3.05, 3.63) is 83.1 Å². The highest BCUT2D eigenvalue weighted by molar-refractivity contribution is 6.03. The number of nitrogens with one attached hydrogen (secondary N) is 2. The second kappa shape index (κ2) is 7.74. The van der Waals surface area contributed by atoms with Gasteiger partial charge in [0.1, 0.15) is 17.3 Å². The molecule has 6 heteroatoms. The SMILES string of the molecule is Cc1ccc(C)c(NC(=O)c2cnc(NCc3ccc(F)cc3)cn2)c1. The topological polar surface area (TPSA) is 66.9 Å². The van der Waals surface area contributed by atoms with Gasteiger partial charge in [-0.15, -0.1) is 0 Å². The molecule has 1 amide bonds. The molecule has 3 rings (SSSR count). The number of amides is 1. The van der Waals surface area contributed by atoms with Gasteiger partial charge in [0.15, 0.2) is 0 Å². The van der Waals surface area contributed by atoms with E-state index in [0.717, 1.165) is 22.4 Å². The van der Waals surface area contributed by atoms with E-state index in [4.69, 9.17) is 0 Å². The van der Waals surface area contributed by atoms with Crippen LogP contribution in [0.5, 0.6) is 0 Å². The van der Waals surface area contributed by atoms with Crippen molar-refractivity contribution in [3.63, 3.8) is 0 Å². The Kier molecular flexibility index (Phi) is 5.22. The van der Waals surface area contributed by atoms with Crippen LogP contribution in [0, 0.1) is 19.7 Å². The van der Waals surface area contributed by atoms with Crippen LogP contribution in [0.2, 0.25) is 0 Å². The van der Waals surface area contributed by atoms with Gasteiger partial charge in [-0.2, -0.15) is 0 Å². The lowest BCUT2D eigenvalue weighted by molar-refractivity contribution is 0.102. The molecule has 1 aromatic heterocycles. The van der Waals surface area contributed by atoms with Crippen LogP contribution < -0.4 is 10.6 Å². The Balaban J connectivity index is 1.62. The number of aromatic nitrogens is 2. The maximum absolute atomic E-state index is 12.9. The Morgan fingerprint density at radius 3 is 2.50 bits per heavy atom. The van der Waals surface area contributed by atoms with E-state index in [-0.39, 0.29) is 17.4 Å². The molecule has 132 valence electrons. The van der Waals surface area contributed by atoms with E-state index >= 15 is 0 Å². The molecule has 3 aromatic rings. The van der Waals surface area contributed by atoms with Crippen LogP contribution in [-0.4, -0.2) is 15.9 Å². The summed E-state index contributed by atoms with van der Waals surface area (Å²) in [5.41, 5.74) is 3.96. The standard InChI is InChI=1S/C20H19FN4O/c1-13-3-4-14(2)17(9-13)25-20(26)18-11-24-19(12-22-18)23-10-15-5-7-16(21)8-6-15/h3-9,11-12H,10H2,1-2H3,(H,23,24)(H,25,26). The van der Waals surface area contributed by atoms with Crippen molar-refractivity contribution in [1.82, 2.24) is 9.97 Å². The smallest absolute Gasteiger partial charge is 0.275 e. The van der Waals surface area contributed by atoms with E-state index in [1.54, 1.807) is 12.1 Å². The second-order valence-corrected chi connectivity index (χ2v) is 6.04. The minimum Gasteiger partial charge on any atom is -0.365 e. The third-order valence-corrected chi connectivity index (χ3v) is 3.91. The molecule has 0 aliphatic heterocycles. The molecule has 0 fully saturated rings. The van der Waals surface area contributed by atoms with Crippen molar-refractivity contribution in [2.24, 2.45) is 0 Å². The first kappa shape index (κ1) is 17.5. The Bertz CT molecular complexity index is 908. The Labute approximate surface area is 151 Å². The average Bonchev–Trinajstić information content (AvgIpc) is 2.64. The summed E-state index contributed by atoms with van der Waals surface area (Å²) in [6, 6.07) is 12.1. The number of hydrogen-bond donors (Lipinski definition) is 2. The molecule has 0 spiro atoms. The molecule has 2 aromatic carbocycles. The van der Waals surface area contributed by atoms with Gasteiger partial charge in [-0.3, -0.25) is 4.79 Å². The predicted octanol–water partition coefficient (Wildman–Crippen LogP) is 4.10. The van der Waals surface area contributed by atoms with E-state index in [0.29, 0.717) is 12.4 Å². The molecular weight excluding hydrogens is 331 g/mol. The van der Waals surface area contributed by atoms with Gasteiger partial charge in [0.25, 0.3) is 5.91 Å². The van der Waals surface area contributed by atoms with Gasteiger partial charge in [0.2, 0.25) is 0 Å². The molecule has 0 unspecified atom stereocenters. The van der Waals surface area contributed by atoms with Crippen molar-refractivity contribution in [1.29, 1.82) is 0 Å². The molecule has 1 heterocycles. The molecular formula is C20H19FN4O. The quantitative estimate of drug-likeness (QED) is 0.727. The molecule has 5 nitrogen and oxygen atoms in total. The van der Waals surface area contributed by atoms with Crippen molar-refractivity contribution < 1.29 is 9.18 Å². The van der Waals surface area contributed by atoms with Gasteiger partial charge < -0.3 is 10.6 Å². The van der Waals surface area contributed by atoms with Crippen molar-refractivity contribution >= 4 is 17.4 Å². The maximum Gasteiger partial charge on any atom is 0.275 e. The van der Waals surface area contributed by atoms with Gasteiger partial charge in [-0.1, -0.05) is 24.3 Å². The highest BCUT2D eigenvalue weighted by atomic mass is 19.1. The molecule has 2 N–H and O–H groups in total. The number of benzene rings is 2. The van der Waals surface area contributed by atoms with Crippen molar-refractivity contribution in [3.8, 4) is 0 Å². The first-order valence-corrected chi connectivity index (χ1v) is 8.20. The fourth-order valence-electron chi connectivity index (χ4n) is 2.39. The van der Waals surface area contributed by atoms with Crippen molar-refractivity contribution in [2.45, 2.75) is 20.4 Å². The van der Waals surface area contributed by atoms with Gasteiger partial charge in [-0.05, 0) is 48.7 Å². The summed E-state index contributed by atoms with van der Waals surface area (Å²) in [5.74, 6) is -0.0401. The predicted molar refractivity (Wildman–Crippen MR) is 99.6 cm³/mol. The lowest BCUT2D eigenvalue weighted by Crippen LogP contribution is -2.15. The van der Waals surface area contributed by atoms with Crippen LogP contribution in [-0.2, 0) is 6.54 Å². The number of halogens is 1. The zero-order chi connectivity index (χ0) is 18.5. The van der Waals surface area contributed by atoms with Gasteiger partial charge in [0.05, 0.1) is 12.4 Å². The molecule has 0 saturated carbocycles. The Morgan fingerprint density at radius 2 is 1.81 bits per heavy atom. The number of rotatable bonds is 5. The Hall–Kier alpha value is -3.28. The minimum atomic E-state index is -0.309. The fraction of sp³-hybridized carbons (Fsp3) is 0.150. The van der Waals surface area contributed by atoms with Crippen molar-refractivity contribution in [2.75, 3.05) is 10.6 Å². The van der Waals surface area contributed by atoms with Gasteiger partial charge >= 0.3 is 0 Å². The van der Waals surface area contributed by atoms with E-state index in [9.17, 15) is 9.18 Å². The normalized spacial score (nSPS) is 10.4. The van der Waals surface area contributed by atoms with Crippen LogP contribution in [0.4, 0.5) is 15.9 Å². The average molecular weight is 350 g/mol. The molecule has 0 atom stereocenters. The zero-order valence-electron chi connectivity index (χ0n) is 14.6. The maximum atomic E-state index is 12.9. The number of anilines is 2. The number of aryl methyl sites for hydroxylation is 2. The van der Waals surface area contributed by atoms with Crippen LogP contribution in [0.15, 0.2) is 54.9 Å². The lowest BCUT2D eigenvalue weighted by atomic mass is 10.1.